The molecule has 17 heavy (non-hydrogen) atoms. The molecule has 1 aliphatic rings. The van der Waals surface area contributed by atoms with Crippen LogP contribution in [0.5, 0.6) is 0 Å². The molecule has 1 atom stereocenters. The predicted octanol–water partition coefficient (Wildman–Crippen LogP) is 4.18. The van der Waals surface area contributed by atoms with Crippen molar-refractivity contribution in [3.63, 3.8) is 0 Å². The van der Waals surface area contributed by atoms with Gasteiger partial charge < -0.3 is 9.47 Å². The van der Waals surface area contributed by atoms with Crippen LogP contribution in [-0.2, 0) is 9.47 Å². The molecule has 1 aliphatic heterocycles. The van der Waals surface area contributed by atoms with Crippen molar-refractivity contribution in [1.29, 1.82) is 0 Å². The maximum absolute atomic E-state index is 5.51. The third-order valence-electron chi connectivity index (χ3n) is 3.76. The van der Waals surface area contributed by atoms with Gasteiger partial charge in [-0.05, 0) is 12.3 Å². The Kier molecular flexibility index (Phi) is 8.72. The third kappa shape index (κ3) is 8.62. The van der Waals surface area contributed by atoms with Crippen LogP contribution in [0, 0.1) is 5.92 Å². The molecule has 0 aromatic rings. The van der Waals surface area contributed by atoms with Gasteiger partial charge in [0.1, 0.15) is 6.10 Å². The molecule has 102 valence electrons. The number of ether oxygens (including phenoxy) is 2. The zero-order valence-electron chi connectivity index (χ0n) is 11.7. The van der Waals surface area contributed by atoms with Gasteiger partial charge in [0, 0.05) is 6.61 Å². The zero-order valence-corrected chi connectivity index (χ0v) is 11.7. The number of hydrogen-bond donors (Lipinski definition) is 0. The van der Waals surface area contributed by atoms with E-state index in [4.69, 9.17) is 9.47 Å². The van der Waals surface area contributed by atoms with Crippen molar-refractivity contribution in [2.45, 2.75) is 71.3 Å². The summed E-state index contributed by atoms with van der Waals surface area (Å²) in [5.41, 5.74) is 0. The smallest absolute Gasteiger partial charge is 0.104 e. The summed E-state index contributed by atoms with van der Waals surface area (Å²) >= 11 is 0. The summed E-state index contributed by atoms with van der Waals surface area (Å²) in [6, 6.07) is 0. The van der Waals surface area contributed by atoms with E-state index in [1.165, 1.54) is 51.4 Å². The molecule has 0 amide bonds. The largest absolute Gasteiger partial charge is 0.379 e. The van der Waals surface area contributed by atoms with Crippen LogP contribution >= 0.6 is 0 Å². The molecule has 1 rings (SSSR count). The fraction of sp³-hybridized carbons (Fsp3) is 1.00. The third-order valence-corrected chi connectivity index (χ3v) is 3.76. The molecule has 1 fully saturated rings. The Morgan fingerprint density at radius 1 is 1.06 bits per heavy atom. The molecule has 1 saturated heterocycles. The SMILES string of the molecule is CCC(CC)CCCCCCCOCC1CO1. The quantitative estimate of drug-likeness (QED) is 0.378. The Morgan fingerprint density at radius 3 is 2.35 bits per heavy atom. The van der Waals surface area contributed by atoms with Crippen LogP contribution in [0.15, 0.2) is 0 Å². The van der Waals surface area contributed by atoms with E-state index in [1.807, 2.05) is 0 Å². The van der Waals surface area contributed by atoms with Crippen LogP contribution < -0.4 is 0 Å². The summed E-state index contributed by atoms with van der Waals surface area (Å²) in [7, 11) is 0. The fourth-order valence-electron chi connectivity index (χ4n) is 2.24. The first-order valence-corrected chi connectivity index (χ1v) is 7.56. The van der Waals surface area contributed by atoms with Crippen LogP contribution in [-0.4, -0.2) is 25.9 Å². The van der Waals surface area contributed by atoms with Crippen LogP contribution in [0.4, 0.5) is 0 Å². The highest BCUT2D eigenvalue weighted by Crippen LogP contribution is 2.17. The van der Waals surface area contributed by atoms with Crippen molar-refractivity contribution in [3.05, 3.63) is 0 Å². The second kappa shape index (κ2) is 9.90. The highest BCUT2D eigenvalue weighted by atomic mass is 16.6. The van der Waals surface area contributed by atoms with Crippen LogP contribution in [0.2, 0.25) is 0 Å². The zero-order chi connectivity index (χ0) is 12.3. The molecule has 0 bridgehead atoms. The van der Waals surface area contributed by atoms with Gasteiger partial charge in [0.15, 0.2) is 0 Å². The molecule has 0 N–H and O–H groups in total. The fourth-order valence-corrected chi connectivity index (χ4v) is 2.24. The van der Waals surface area contributed by atoms with Crippen LogP contribution in [0.3, 0.4) is 0 Å². The molecule has 0 aromatic heterocycles. The van der Waals surface area contributed by atoms with Gasteiger partial charge in [-0.25, -0.2) is 0 Å². The topological polar surface area (TPSA) is 21.8 Å². The summed E-state index contributed by atoms with van der Waals surface area (Å²) < 4.78 is 10.6. The minimum absolute atomic E-state index is 0.426. The first-order valence-electron chi connectivity index (χ1n) is 7.56. The molecule has 0 saturated carbocycles. The van der Waals surface area contributed by atoms with Crippen molar-refractivity contribution >= 4 is 0 Å². The maximum atomic E-state index is 5.51. The summed E-state index contributed by atoms with van der Waals surface area (Å²) in [6.07, 6.45) is 11.3. The predicted molar refractivity (Wildman–Crippen MR) is 72.3 cm³/mol. The number of epoxide rings is 1. The van der Waals surface area contributed by atoms with Gasteiger partial charge in [-0.3, -0.25) is 0 Å². The monoisotopic (exact) mass is 242 g/mol. The molecular formula is C15H30O2. The van der Waals surface area contributed by atoms with Gasteiger partial charge in [0.25, 0.3) is 0 Å². The first kappa shape index (κ1) is 15.0. The lowest BCUT2D eigenvalue weighted by molar-refractivity contribution is 0.113. The molecule has 1 heterocycles. The average molecular weight is 242 g/mol. The second-order valence-corrected chi connectivity index (χ2v) is 5.27. The standard InChI is InChI=1S/C15H30O2/c1-3-14(4-2)10-8-6-5-7-9-11-16-12-15-13-17-15/h14-15H,3-13H2,1-2H3. The van der Waals surface area contributed by atoms with E-state index in [9.17, 15) is 0 Å². The number of unbranched alkanes of at least 4 members (excludes halogenated alkanes) is 4. The summed E-state index contributed by atoms with van der Waals surface area (Å²) in [4.78, 5) is 0. The number of hydrogen-bond acceptors (Lipinski definition) is 2. The maximum Gasteiger partial charge on any atom is 0.104 e. The lowest BCUT2D eigenvalue weighted by Crippen LogP contribution is -2.02. The minimum atomic E-state index is 0.426. The summed E-state index contributed by atoms with van der Waals surface area (Å²) in [6.45, 7) is 7.28. The van der Waals surface area contributed by atoms with Crippen molar-refractivity contribution in [1.82, 2.24) is 0 Å². The molecule has 0 aliphatic carbocycles. The second-order valence-electron chi connectivity index (χ2n) is 5.27. The molecule has 1 unspecified atom stereocenters. The van der Waals surface area contributed by atoms with E-state index < -0.39 is 0 Å². The first-order chi connectivity index (χ1) is 8.36. The Morgan fingerprint density at radius 2 is 1.71 bits per heavy atom. The normalized spacial score (nSPS) is 18.9. The molecule has 0 radical (unpaired) electrons. The van der Waals surface area contributed by atoms with Crippen molar-refractivity contribution in [2.75, 3.05) is 19.8 Å². The summed E-state index contributed by atoms with van der Waals surface area (Å²) in [5.74, 6) is 0.969. The van der Waals surface area contributed by atoms with Crippen molar-refractivity contribution < 1.29 is 9.47 Å². The van der Waals surface area contributed by atoms with Gasteiger partial charge in [0.2, 0.25) is 0 Å². The lowest BCUT2D eigenvalue weighted by Gasteiger charge is -2.11. The van der Waals surface area contributed by atoms with E-state index in [0.29, 0.717) is 6.10 Å². The Hall–Kier alpha value is -0.0800. The molecular weight excluding hydrogens is 212 g/mol. The average Bonchev–Trinajstić information content (AvgIpc) is 3.16. The Labute approximate surface area is 107 Å². The Balaban J connectivity index is 1.71. The molecule has 0 aromatic carbocycles. The van der Waals surface area contributed by atoms with Gasteiger partial charge in [0.05, 0.1) is 13.2 Å². The molecule has 2 nitrogen and oxygen atoms in total. The molecule has 0 spiro atoms. The van der Waals surface area contributed by atoms with Gasteiger partial charge in [-0.2, -0.15) is 0 Å². The lowest BCUT2D eigenvalue weighted by atomic mass is 9.96. The Bertz CT molecular complexity index is 162. The van der Waals surface area contributed by atoms with E-state index in [-0.39, 0.29) is 0 Å². The van der Waals surface area contributed by atoms with E-state index in [1.54, 1.807) is 0 Å². The highest BCUT2D eigenvalue weighted by molar-refractivity contribution is 4.67. The van der Waals surface area contributed by atoms with Gasteiger partial charge in [-0.1, -0.05) is 58.8 Å². The summed E-state index contributed by atoms with van der Waals surface area (Å²) in [5, 5.41) is 0. The van der Waals surface area contributed by atoms with Crippen molar-refractivity contribution in [2.24, 2.45) is 5.92 Å². The van der Waals surface area contributed by atoms with E-state index in [0.717, 1.165) is 25.7 Å². The minimum Gasteiger partial charge on any atom is -0.379 e. The number of rotatable bonds is 12. The van der Waals surface area contributed by atoms with E-state index >= 15 is 0 Å². The highest BCUT2D eigenvalue weighted by Gasteiger charge is 2.21. The van der Waals surface area contributed by atoms with Crippen LogP contribution in [0.1, 0.15) is 65.2 Å². The van der Waals surface area contributed by atoms with E-state index in [2.05, 4.69) is 13.8 Å². The van der Waals surface area contributed by atoms with Gasteiger partial charge >= 0.3 is 0 Å². The van der Waals surface area contributed by atoms with Gasteiger partial charge in [-0.15, -0.1) is 0 Å². The molecule has 2 heteroatoms. The van der Waals surface area contributed by atoms with Crippen LogP contribution in [0.25, 0.3) is 0 Å². The van der Waals surface area contributed by atoms with Crippen molar-refractivity contribution in [3.8, 4) is 0 Å².